The van der Waals surface area contributed by atoms with Crippen molar-refractivity contribution in [1.82, 2.24) is 0 Å². The molecular formula is C40H37NO4. The molecule has 0 aromatic heterocycles. The Bertz CT molecular complexity index is 1850. The standard InChI is InChI=1S/C40H37NO4/c1-28-7-6-8-32(27-28)41(31-15-21-35(44-3)22-16-31)38-23-24-39(37-10-5-4-9-36(37)38)45-26-25-40(2,29-11-17-33(42)18-12-29)30-13-19-34(43)20-14-30/h4-24,27,42-43H,25-26H2,1-3H3. The molecule has 0 radical (unpaired) electrons. The van der Waals surface area contributed by atoms with Crippen LogP contribution in [0.1, 0.15) is 30.0 Å². The van der Waals surface area contributed by atoms with E-state index in [-0.39, 0.29) is 11.5 Å². The van der Waals surface area contributed by atoms with Gasteiger partial charge in [0.15, 0.2) is 0 Å². The van der Waals surface area contributed by atoms with Crippen LogP contribution in [0, 0.1) is 6.92 Å². The van der Waals surface area contributed by atoms with Crippen LogP contribution < -0.4 is 14.4 Å². The first-order valence-electron chi connectivity index (χ1n) is 15.1. The second kappa shape index (κ2) is 12.7. The largest absolute Gasteiger partial charge is 0.508 e. The number of phenolic OH excluding ortho intramolecular Hbond substituents is 2. The van der Waals surface area contributed by atoms with Gasteiger partial charge in [-0.1, -0.05) is 67.6 Å². The van der Waals surface area contributed by atoms with E-state index in [9.17, 15) is 10.2 Å². The van der Waals surface area contributed by atoms with Crippen molar-refractivity contribution in [2.75, 3.05) is 18.6 Å². The third-order valence-corrected chi connectivity index (χ3v) is 8.56. The average Bonchev–Trinajstić information content (AvgIpc) is 3.06. The Kier molecular flexibility index (Phi) is 8.35. The number of ether oxygens (including phenoxy) is 2. The zero-order chi connectivity index (χ0) is 31.4. The number of rotatable bonds is 10. The van der Waals surface area contributed by atoms with Crippen LogP contribution in [-0.2, 0) is 5.41 Å². The Morgan fingerprint density at radius 1 is 0.644 bits per heavy atom. The molecule has 0 spiro atoms. The molecule has 0 saturated heterocycles. The minimum atomic E-state index is -0.409. The SMILES string of the molecule is COc1ccc(N(c2cccc(C)c2)c2ccc(OCCC(C)(c3ccc(O)cc3)c3ccc(O)cc3)c3ccccc23)cc1. The highest BCUT2D eigenvalue weighted by molar-refractivity contribution is 6.02. The molecular weight excluding hydrogens is 558 g/mol. The van der Waals surface area contributed by atoms with Gasteiger partial charge in [-0.15, -0.1) is 0 Å². The number of benzene rings is 6. The van der Waals surface area contributed by atoms with Gasteiger partial charge in [0, 0.05) is 27.6 Å². The summed E-state index contributed by atoms with van der Waals surface area (Å²) in [6.45, 7) is 4.74. The van der Waals surface area contributed by atoms with Crippen LogP contribution in [0.5, 0.6) is 23.0 Å². The van der Waals surface area contributed by atoms with Crippen molar-refractivity contribution in [3.05, 3.63) is 150 Å². The summed E-state index contributed by atoms with van der Waals surface area (Å²) in [7, 11) is 1.68. The maximum absolute atomic E-state index is 9.93. The Morgan fingerprint density at radius 2 is 1.27 bits per heavy atom. The lowest BCUT2D eigenvalue weighted by Gasteiger charge is -2.31. The van der Waals surface area contributed by atoms with Crippen LogP contribution in [0.25, 0.3) is 10.8 Å². The highest BCUT2D eigenvalue weighted by atomic mass is 16.5. The molecule has 45 heavy (non-hydrogen) atoms. The van der Waals surface area contributed by atoms with Gasteiger partial charge in [0.2, 0.25) is 0 Å². The van der Waals surface area contributed by atoms with Gasteiger partial charge in [0.05, 0.1) is 19.4 Å². The number of fused-ring (bicyclic) bond motifs is 1. The summed E-state index contributed by atoms with van der Waals surface area (Å²) >= 11 is 0. The molecule has 0 saturated carbocycles. The van der Waals surface area contributed by atoms with Crippen molar-refractivity contribution in [1.29, 1.82) is 0 Å². The van der Waals surface area contributed by atoms with Gasteiger partial charge in [0.25, 0.3) is 0 Å². The Balaban J connectivity index is 1.35. The van der Waals surface area contributed by atoms with Gasteiger partial charge in [-0.05, 0) is 103 Å². The highest BCUT2D eigenvalue weighted by Gasteiger charge is 2.29. The number of hydrogen-bond donors (Lipinski definition) is 2. The third kappa shape index (κ3) is 6.16. The van der Waals surface area contributed by atoms with E-state index in [2.05, 4.69) is 85.5 Å². The van der Waals surface area contributed by atoms with Crippen LogP contribution >= 0.6 is 0 Å². The van der Waals surface area contributed by atoms with Crippen molar-refractivity contribution in [2.45, 2.75) is 25.7 Å². The van der Waals surface area contributed by atoms with E-state index in [1.54, 1.807) is 31.4 Å². The molecule has 6 aromatic carbocycles. The number of hydrogen-bond acceptors (Lipinski definition) is 5. The van der Waals surface area contributed by atoms with Crippen molar-refractivity contribution in [3.63, 3.8) is 0 Å². The fourth-order valence-electron chi connectivity index (χ4n) is 5.98. The lowest BCUT2D eigenvalue weighted by molar-refractivity contribution is 0.283. The average molecular weight is 596 g/mol. The Morgan fingerprint density at radius 3 is 1.87 bits per heavy atom. The van der Waals surface area contributed by atoms with Gasteiger partial charge in [-0.25, -0.2) is 0 Å². The molecule has 0 fully saturated rings. The monoisotopic (exact) mass is 595 g/mol. The Hall–Kier alpha value is -5.42. The van der Waals surface area contributed by atoms with Gasteiger partial charge in [0.1, 0.15) is 23.0 Å². The molecule has 0 aliphatic heterocycles. The fraction of sp³-hybridized carbons (Fsp3) is 0.150. The molecule has 6 aromatic rings. The summed E-state index contributed by atoms with van der Waals surface area (Å²) in [6, 6.07) is 43.8. The van der Waals surface area contributed by atoms with E-state index in [1.165, 1.54) is 5.56 Å². The second-order valence-corrected chi connectivity index (χ2v) is 11.5. The molecule has 0 aliphatic carbocycles. The summed E-state index contributed by atoms with van der Waals surface area (Å²) in [4.78, 5) is 2.27. The van der Waals surface area contributed by atoms with Gasteiger partial charge in [-0.3, -0.25) is 0 Å². The molecule has 6 rings (SSSR count). The second-order valence-electron chi connectivity index (χ2n) is 11.5. The first kappa shape index (κ1) is 29.6. The molecule has 0 amide bonds. The maximum atomic E-state index is 9.93. The third-order valence-electron chi connectivity index (χ3n) is 8.56. The number of aryl methyl sites for hydroxylation is 1. The highest BCUT2D eigenvalue weighted by Crippen LogP contribution is 2.43. The maximum Gasteiger partial charge on any atom is 0.127 e. The zero-order valence-electron chi connectivity index (χ0n) is 25.8. The molecule has 5 heteroatoms. The summed E-state index contributed by atoms with van der Waals surface area (Å²) in [6.07, 6.45) is 0.680. The number of methoxy groups -OCH3 is 1. The number of phenols is 2. The normalized spacial score (nSPS) is 11.4. The summed E-state index contributed by atoms with van der Waals surface area (Å²) < 4.78 is 12.0. The number of aromatic hydroxyl groups is 2. The van der Waals surface area contributed by atoms with Gasteiger partial charge >= 0.3 is 0 Å². The lowest BCUT2D eigenvalue weighted by Crippen LogP contribution is -2.26. The molecule has 0 unspecified atom stereocenters. The number of nitrogens with zero attached hydrogens (tertiary/aromatic N) is 1. The van der Waals surface area contributed by atoms with Crippen molar-refractivity contribution < 1.29 is 19.7 Å². The molecule has 0 heterocycles. The lowest BCUT2D eigenvalue weighted by atomic mass is 9.74. The minimum absolute atomic E-state index is 0.226. The van der Waals surface area contributed by atoms with Gasteiger partial charge in [-0.2, -0.15) is 0 Å². The van der Waals surface area contributed by atoms with Crippen LogP contribution in [0.2, 0.25) is 0 Å². The Labute approximate surface area is 264 Å². The zero-order valence-corrected chi connectivity index (χ0v) is 25.8. The van der Waals surface area contributed by atoms with E-state index in [0.29, 0.717) is 13.0 Å². The van der Waals surface area contributed by atoms with Crippen LogP contribution in [0.15, 0.2) is 133 Å². The van der Waals surface area contributed by atoms with Crippen LogP contribution in [0.3, 0.4) is 0 Å². The predicted molar refractivity (Wildman–Crippen MR) is 183 cm³/mol. The molecule has 2 N–H and O–H groups in total. The van der Waals surface area contributed by atoms with E-state index in [1.807, 2.05) is 42.5 Å². The molecule has 226 valence electrons. The summed E-state index contributed by atoms with van der Waals surface area (Å²) in [5.74, 6) is 2.07. The van der Waals surface area contributed by atoms with E-state index < -0.39 is 5.41 Å². The minimum Gasteiger partial charge on any atom is -0.508 e. The first-order chi connectivity index (χ1) is 21.9. The summed E-state index contributed by atoms with van der Waals surface area (Å²) in [5.41, 5.74) is 6.03. The van der Waals surface area contributed by atoms with E-state index in [4.69, 9.17) is 9.47 Å². The van der Waals surface area contributed by atoms with Crippen molar-refractivity contribution in [3.8, 4) is 23.0 Å². The summed E-state index contributed by atoms with van der Waals surface area (Å²) in [5, 5.41) is 22.0. The van der Waals surface area contributed by atoms with E-state index in [0.717, 1.165) is 50.5 Å². The topological polar surface area (TPSA) is 62.2 Å². The smallest absolute Gasteiger partial charge is 0.127 e. The van der Waals surface area contributed by atoms with Crippen molar-refractivity contribution >= 4 is 27.8 Å². The molecule has 5 nitrogen and oxygen atoms in total. The fourth-order valence-corrected chi connectivity index (χ4v) is 5.98. The number of anilines is 3. The molecule has 0 bridgehead atoms. The van der Waals surface area contributed by atoms with Crippen LogP contribution in [0.4, 0.5) is 17.1 Å². The molecule has 0 atom stereocenters. The van der Waals surface area contributed by atoms with Crippen LogP contribution in [-0.4, -0.2) is 23.9 Å². The van der Waals surface area contributed by atoms with E-state index >= 15 is 0 Å². The first-order valence-corrected chi connectivity index (χ1v) is 15.1. The predicted octanol–water partition coefficient (Wildman–Crippen LogP) is 9.81. The quantitative estimate of drug-likeness (QED) is 0.165. The van der Waals surface area contributed by atoms with Gasteiger partial charge < -0.3 is 24.6 Å². The van der Waals surface area contributed by atoms with Crippen molar-refractivity contribution in [2.24, 2.45) is 0 Å². The molecule has 0 aliphatic rings.